The van der Waals surface area contributed by atoms with Crippen molar-refractivity contribution in [3.63, 3.8) is 0 Å². The number of nitrogens with one attached hydrogen (secondary N) is 1. The van der Waals surface area contributed by atoms with E-state index in [1.54, 1.807) is 22.9 Å². The maximum Gasteiger partial charge on any atom is 0.273 e. The van der Waals surface area contributed by atoms with Crippen LogP contribution in [0.15, 0.2) is 29.4 Å². The highest BCUT2D eigenvalue weighted by atomic mass is 35.5. The third-order valence-corrected chi connectivity index (χ3v) is 5.73. The smallest absolute Gasteiger partial charge is 0.273 e. The molecule has 0 aliphatic rings. The van der Waals surface area contributed by atoms with Gasteiger partial charge < -0.3 is 5.32 Å². The number of nitrogens with zero attached hydrogens (tertiary/aromatic N) is 5. The highest BCUT2D eigenvalue weighted by Gasteiger charge is 2.21. The lowest BCUT2D eigenvalue weighted by Gasteiger charge is -2.09. The van der Waals surface area contributed by atoms with Crippen LogP contribution in [0.5, 0.6) is 0 Å². The van der Waals surface area contributed by atoms with Crippen molar-refractivity contribution in [3.8, 4) is 5.69 Å². The second-order valence-electron chi connectivity index (χ2n) is 7.11. The second kappa shape index (κ2) is 10.9. The first-order valence-corrected chi connectivity index (χ1v) is 11.8. The van der Waals surface area contributed by atoms with Gasteiger partial charge in [-0.05, 0) is 44.5 Å². The normalized spacial score (nSPS) is 11.0. The summed E-state index contributed by atoms with van der Waals surface area (Å²) in [7, 11) is 0. The number of carbonyl (C=O) groups excluding carboxylic acids is 1. The van der Waals surface area contributed by atoms with Gasteiger partial charge in [0.25, 0.3) is 5.91 Å². The topological polar surface area (TPSA) is 85.6 Å². The maximum absolute atomic E-state index is 12.8. The van der Waals surface area contributed by atoms with Crippen LogP contribution in [0.4, 0.5) is 0 Å². The minimum absolute atomic E-state index is 0.257. The molecule has 164 valence electrons. The Bertz CT molecular complexity index is 1030. The number of rotatable bonds is 9. The minimum Gasteiger partial charge on any atom is -0.351 e. The molecule has 3 aromatic rings. The van der Waals surface area contributed by atoms with Crippen molar-refractivity contribution in [1.82, 2.24) is 30.3 Å². The van der Waals surface area contributed by atoms with Crippen LogP contribution in [0.2, 0.25) is 10.0 Å². The van der Waals surface area contributed by atoms with Crippen LogP contribution < -0.4 is 5.32 Å². The number of hydrogen-bond acceptors (Lipinski definition) is 6. The molecule has 0 unspecified atom stereocenters. The summed E-state index contributed by atoms with van der Waals surface area (Å²) in [6.45, 7) is 6.56. The van der Waals surface area contributed by atoms with Gasteiger partial charge in [0, 0.05) is 33.7 Å². The number of aryl methyl sites for hydroxylation is 2. The molecule has 0 saturated carbocycles. The summed E-state index contributed by atoms with van der Waals surface area (Å²) in [5.41, 5.74) is 3.30. The Morgan fingerprint density at radius 3 is 2.39 bits per heavy atom. The fraction of sp³-hybridized carbons (Fsp3) is 0.381. The Hall–Kier alpha value is -2.16. The summed E-state index contributed by atoms with van der Waals surface area (Å²) in [6.07, 6.45) is 3.06. The molecule has 1 aromatic carbocycles. The average molecular weight is 479 g/mol. The van der Waals surface area contributed by atoms with E-state index < -0.39 is 0 Å². The molecule has 0 saturated heterocycles. The van der Waals surface area contributed by atoms with E-state index in [0.29, 0.717) is 38.9 Å². The van der Waals surface area contributed by atoms with E-state index in [2.05, 4.69) is 32.5 Å². The van der Waals surface area contributed by atoms with Gasteiger partial charge in [0.15, 0.2) is 10.9 Å². The zero-order valence-corrected chi connectivity index (χ0v) is 20.0. The molecular formula is C21H24Cl2N6OS. The lowest BCUT2D eigenvalue weighted by molar-refractivity contribution is 0.0947. The predicted molar refractivity (Wildman–Crippen MR) is 124 cm³/mol. The van der Waals surface area contributed by atoms with Crippen LogP contribution in [0, 0.1) is 13.8 Å². The van der Waals surface area contributed by atoms with Gasteiger partial charge >= 0.3 is 0 Å². The van der Waals surface area contributed by atoms with Crippen LogP contribution in [0.25, 0.3) is 5.69 Å². The number of benzene rings is 1. The van der Waals surface area contributed by atoms with E-state index in [-0.39, 0.29) is 11.6 Å². The number of amides is 1. The molecule has 0 atom stereocenters. The van der Waals surface area contributed by atoms with Crippen molar-refractivity contribution in [3.05, 3.63) is 57.1 Å². The van der Waals surface area contributed by atoms with Gasteiger partial charge in [0.1, 0.15) is 0 Å². The first-order chi connectivity index (χ1) is 14.9. The molecule has 0 aliphatic heterocycles. The Kier molecular flexibility index (Phi) is 8.28. The summed E-state index contributed by atoms with van der Waals surface area (Å²) >= 11 is 13.8. The van der Waals surface area contributed by atoms with Gasteiger partial charge in [-0.3, -0.25) is 4.79 Å². The van der Waals surface area contributed by atoms with Crippen LogP contribution in [-0.2, 0) is 5.75 Å². The van der Waals surface area contributed by atoms with Crippen molar-refractivity contribution in [2.24, 2.45) is 0 Å². The number of carbonyl (C=O) groups is 1. The number of thioether (sulfide) groups is 1. The van der Waals surface area contributed by atoms with E-state index >= 15 is 0 Å². The van der Waals surface area contributed by atoms with Gasteiger partial charge in [-0.25, -0.2) is 14.6 Å². The molecule has 0 fully saturated rings. The average Bonchev–Trinajstić information content (AvgIpc) is 3.12. The van der Waals surface area contributed by atoms with Crippen LogP contribution in [0.3, 0.4) is 0 Å². The number of aromatic nitrogens is 5. The maximum atomic E-state index is 12.8. The molecule has 0 bridgehead atoms. The Morgan fingerprint density at radius 2 is 1.74 bits per heavy atom. The molecule has 31 heavy (non-hydrogen) atoms. The summed E-state index contributed by atoms with van der Waals surface area (Å²) in [4.78, 5) is 21.7. The van der Waals surface area contributed by atoms with Crippen LogP contribution in [0.1, 0.15) is 53.8 Å². The quantitative estimate of drug-likeness (QED) is 0.258. The standard InChI is InChI=1S/C21H24Cl2N6OS/c1-4-5-6-7-24-20(30)19-18(12-31-21-25-13(2)8-14(3)26-21)29(28-27-19)17-10-15(22)9-16(23)11-17/h8-11H,4-7,12H2,1-3H3,(H,24,30). The lowest BCUT2D eigenvalue weighted by atomic mass is 10.2. The van der Waals surface area contributed by atoms with Crippen molar-refractivity contribution >= 4 is 40.9 Å². The van der Waals surface area contributed by atoms with E-state index in [4.69, 9.17) is 23.2 Å². The summed E-state index contributed by atoms with van der Waals surface area (Å²) in [6, 6.07) is 7.01. The molecule has 3 rings (SSSR count). The first kappa shape index (κ1) is 23.5. The Balaban J connectivity index is 1.91. The molecule has 1 amide bonds. The fourth-order valence-electron chi connectivity index (χ4n) is 3.03. The molecule has 0 radical (unpaired) electrons. The third kappa shape index (κ3) is 6.41. The van der Waals surface area contributed by atoms with Gasteiger partial charge in [-0.2, -0.15) is 0 Å². The zero-order chi connectivity index (χ0) is 22.4. The largest absolute Gasteiger partial charge is 0.351 e. The zero-order valence-electron chi connectivity index (χ0n) is 17.7. The summed E-state index contributed by atoms with van der Waals surface area (Å²) in [5.74, 6) is 0.144. The Morgan fingerprint density at radius 1 is 1.06 bits per heavy atom. The molecule has 10 heteroatoms. The fourth-order valence-corrected chi connectivity index (χ4v) is 4.48. The molecule has 0 spiro atoms. The van der Waals surface area contributed by atoms with Gasteiger partial charge in [0.2, 0.25) is 0 Å². The van der Waals surface area contributed by atoms with Gasteiger partial charge in [-0.15, -0.1) is 5.10 Å². The molecule has 7 nitrogen and oxygen atoms in total. The van der Waals surface area contributed by atoms with E-state index in [9.17, 15) is 4.79 Å². The van der Waals surface area contributed by atoms with Crippen LogP contribution >= 0.6 is 35.0 Å². The summed E-state index contributed by atoms with van der Waals surface area (Å²) in [5, 5.41) is 12.9. The SMILES string of the molecule is CCCCCNC(=O)c1nnn(-c2cc(Cl)cc(Cl)c2)c1CSc1nc(C)cc(C)n1. The Labute approximate surface area is 196 Å². The lowest BCUT2D eigenvalue weighted by Crippen LogP contribution is -2.26. The van der Waals surface area contributed by atoms with Gasteiger partial charge in [0.05, 0.1) is 11.4 Å². The molecular weight excluding hydrogens is 455 g/mol. The second-order valence-corrected chi connectivity index (χ2v) is 8.92. The highest BCUT2D eigenvalue weighted by molar-refractivity contribution is 7.98. The number of unbranched alkanes of at least 4 members (excludes halogenated alkanes) is 2. The minimum atomic E-state index is -0.257. The van der Waals surface area contributed by atoms with Crippen molar-refractivity contribution in [1.29, 1.82) is 0 Å². The molecule has 0 aliphatic carbocycles. The van der Waals surface area contributed by atoms with E-state index in [1.165, 1.54) is 11.8 Å². The number of hydrogen-bond donors (Lipinski definition) is 1. The first-order valence-electron chi connectivity index (χ1n) is 10.0. The monoisotopic (exact) mass is 478 g/mol. The van der Waals surface area contributed by atoms with E-state index in [0.717, 1.165) is 30.7 Å². The molecule has 2 aromatic heterocycles. The predicted octanol–water partition coefficient (Wildman–Crippen LogP) is 5.19. The van der Waals surface area contributed by atoms with Crippen molar-refractivity contribution < 1.29 is 4.79 Å². The third-order valence-electron chi connectivity index (χ3n) is 4.44. The molecule has 2 heterocycles. The van der Waals surface area contributed by atoms with E-state index in [1.807, 2.05) is 19.9 Å². The number of halogens is 2. The van der Waals surface area contributed by atoms with Crippen molar-refractivity contribution in [2.45, 2.75) is 50.9 Å². The van der Waals surface area contributed by atoms with Crippen molar-refractivity contribution in [2.75, 3.05) is 6.54 Å². The highest BCUT2D eigenvalue weighted by Crippen LogP contribution is 2.26. The molecule has 1 N–H and O–H groups in total. The van der Waals surface area contributed by atoms with Gasteiger partial charge in [-0.1, -0.05) is 59.9 Å². The summed E-state index contributed by atoms with van der Waals surface area (Å²) < 4.78 is 1.59. The van der Waals surface area contributed by atoms with Crippen LogP contribution in [-0.4, -0.2) is 37.4 Å².